The summed E-state index contributed by atoms with van der Waals surface area (Å²) in [6.45, 7) is 0.231. The second-order valence-electron chi connectivity index (χ2n) is 3.39. The van der Waals surface area contributed by atoms with Crippen molar-refractivity contribution in [3.05, 3.63) is 24.3 Å². The Morgan fingerprint density at radius 1 is 1.62 bits per heavy atom. The molecule has 0 spiro atoms. The van der Waals surface area contributed by atoms with Gasteiger partial charge in [0.15, 0.2) is 0 Å². The third-order valence-corrected chi connectivity index (χ3v) is 2.06. The Hall–Kier alpha value is -2.22. The van der Waals surface area contributed by atoms with Gasteiger partial charge in [0.1, 0.15) is 6.54 Å². The van der Waals surface area contributed by atoms with E-state index in [1.165, 1.54) is 0 Å². The number of anilines is 2. The molecule has 3 N–H and O–H groups in total. The highest BCUT2D eigenvalue weighted by molar-refractivity contribution is 5.81. The zero-order chi connectivity index (χ0) is 12.0. The number of carbonyl (C=O) groups excluding carboxylic acids is 1. The highest BCUT2D eigenvalue weighted by Crippen LogP contribution is 2.15. The van der Waals surface area contributed by atoms with Gasteiger partial charge in [0, 0.05) is 18.4 Å². The van der Waals surface area contributed by atoms with Gasteiger partial charge in [0.05, 0.1) is 12.6 Å². The molecular formula is C11H14N4O. The Morgan fingerprint density at radius 2 is 2.38 bits per heavy atom. The monoisotopic (exact) mass is 218 g/mol. The minimum Gasteiger partial charge on any atom is -0.399 e. The van der Waals surface area contributed by atoms with Gasteiger partial charge < -0.3 is 16.0 Å². The maximum absolute atomic E-state index is 11.3. The molecule has 0 bridgehead atoms. The summed E-state index contributed by atoms with van der Waals surface area (Å²) in [7, 11) is 1.79. The number of nitrogen functional groups attached to an aromatic ring is 1. The molecule has 0 radical (unpaired) electrons. The van der Waals surface area contributed by atoms with Crippen molar-refractivity contribution in [1.82, 2.24) is 5.32 Å². The number of nitrogens with two attached hydrogens (primary N) is 1. The first-order valence-electron chi connectivity index (χ1n) is 4.84. The lowest BCUT2D eigenvalue weighted by Gasteiger charge is -2.18. The van der Waals surface area contributed by atoms with Crippen LogP contribution in [0.5, 0.6) is 0 Å². The summed E-state index contributed by atoms with van der Waals surface area (Å²) in [5, 5.41) is 10.8. The Balaban J connectivity index is 2.56. The smallest absolute Gasteiger partial charge is 0.240 e. The summed E-state index contributed by atoms with van der Waals surface area (Å²) in [5.74, 6) is -0.188. The van der Waals surface area contributed by atoms with Crippen molar-refractivity contribution in [2.24, 2.45) is 0 Å². The summed E-state index contributed by atoms with van der Waals surface area (Å²) in [6.07, 6.45) is 0. The first-order valence-corrected chi connectivity index (χ1v) is 4.84. The molecule has 0 aliphatic rings. The highest BCUT2D eigenvalue weighted by atomic mass is 16.2. The molecule has 16 heavy (non-hydrogen) atoms. The third kappa shape index (κ3) is 3.50. The lowest BCUT2D eigenvalue weighted by molar-refractivity contribution is -0.119. The number of hydrogen-bond acceptors (Lipinski definition) is 4. The fourth-order valence-corrected chi connectivity index (χ4v) is 1.26. The van der Waals surface area contributed by atoms with E-state index in [9.17, 15) is 4.79 Å². The van der Waals surface area contributed by atoms with Crippen LogP contribution < -0.4 is 16.0 Å². The summed E-state index contributed by atoms with van der Waals surface area (Å²) < 4.78 is 0. The summed E-state index contributed by atoms with van der Waals surface area (Å²) in [4.78, 5) is 13.1. The fraction of sp³-hybridized carbons (Fsp3) is 0.273. The molecule has 1 aromatic rings. The van der Waals surface area contributed by atoms with Crippen LogP contribution in [0.15, 0.2) is 24.3 Å². The Morgan fingerprint density at radius 3 is 3.00 bits per heavy atom. The van der Waals surface area contributed by atoms with E-state index in [2.05, 4.69) is 5.32 Å². The van der Waals surface area contributed by atoms with Crippen LogP contribution in [0.2, 0.25) is 0 Å². The van der Waals surface area contributed by atoms with Gasteiger partial charge in [-0.2, -0.15) is 5.26 Å². The molecule has 5 nitrogen and oxygen atoms in total. The van der Waals surface area contributed by atoms with Gasteiger partial charge in [-0.15, -0.1) is 0 Å². The fourth-order valence-electron chi connectivity index (χ4n) is 1.26. The first-order chi connectivity index (χ1) is 7.63. The van der Waals surface area contributed by atoms with Crippen molar-refractivity contribution in [3.8, 4) is 6.07 Å². The van der Waals surface area contributed by atoms with E-state index in [0.29, 0.717) is 5.69 Å². The minimum absolute atomic E-state index is 0.0314. The number of benzene rings is 1. The van der Waals surface area contributed by atoms with Gasteiger partial charge in [0.25, 0.3) is 0 Å². The largest absolute Gasteiger partial charge is 0.399 e. The number of nitriles is 1. The number of hydrogen-bond donors (Lipinski definition) is 2. The normalized spacial score (nSPS) is 9.25. The van der Waals surface area contributed by atoms with Crippen LogP contribution in [0, 0.1) is 11.3 Å². The topological polar surface area (TPSA) is 82.2 Å². The Labute approximate surface area is 94.5 Å². The Kier molecular flexibility index (Phi) is 4.16. The zero-order valence-corrected chi connectivity index (χ0v) is 9.10. The van der Waals surface area contributed by atoms with Crippen molar-refractivity contribution in [2.45, 2.75) is 0 Å². The van der Waals surface area contributed by atoms with Crippen LogP contribution in [0.1, 0.15) is 0 Å². The van der Waals surface area contributed by atoms with Crippen LogP contribution >= 0.6 is 0 Å². The van der Waals surface area contributed by atoms with Crippen molar-refractivity contribution in [1.29, 1.82) is 5.26 Å². The molecule has 0 saturated heterocycles. The number of nitrogens with one attached hydrogen (secondary N) is 1. The molecule has 1 aromatic carbocycles. The van der Waals surface area contributed by atoms with Crippen LogP contribution in [0.3, 0.4) is 0 Å². The van der Waals surface area contributed by atoms with Gasteiger partial charge in [-0.1, -0.05) is 6.07 Å². The molecule has 0 saturated carbocycles. The molecule has 0 aromatic heterocycles. The highest BCUT2D eigenvalue weighted by Gasteiger charge is 2.06. The first kappa shape index (κ1) is 11.9. The van der Waals surface area contributed by atoms with E-state index in [1.807, 2.05) is 18.2 Å². The number of rotatable bonds is 4. The van der Waals surface area contributed by atoms with Crippen LogP contribution in [0.25, 0.3) is 0 Å². The molecular weight excluding hydrogens is 204 g/mol. The average Bonchev–Trinajstić information content (AvgIpc) is 2.26. The van der Waals surface area contributed by atoms with Crippen molar-refractivity contribution in [2.75, 3.05) is 30.8 Å². The SMILES string of the molecule is CN(CC(=O)NCC#N)c1cccc(N)c1. The molecule has 0 aliphatic heterocycles. The van der Waals surface area contributed by atoms with Crippen molar-refractivity contribution in [3.63, 3.8) is 0 Å². The molecule has 84 valence electrons. The van der Waals surface area contributed by atoms with E-state index in [-0.39, 0.29) is 19.0 Å². The zero-order valence-electron chi connectivity index (χ0n) is 9.10. The second kappa shape index (κ2) is 5.61. The number of amides is 1. The minimum atomic E-state index is -0.188. The lowest BCUT2D eigenvalue weighted by atomic mass is 10.2. The van der Waals surface area contributed by atoms with Gasteiger partial charge in [-0.25, -0.2) is 0 Å². The van der Waals surface area contributed by atoms with E-state index in [0.717, 1.165) is 5.69 Å². The molecule has 0 aliphatic carbocycles. The van der Waals surface area contributed by atoms with E-state index < -0.39 is 0 Å². The van der Waals surface area contributed by atoms with Gasteiger partial charge >= 0.3 is 0 Å². The maximum Gasteiger partial charge on any atom is 0.240 e. The second-order valence-corrected chi connectivity index (χ2v) is 3.39. The molecule has 0 heterocycles. The quantitative estimate of drug-likeness (QED) is 0.564. The van der Waals surface area contributed by atoms with Gasteiger partial charge in [0.2, 0.25) is 5.91 Å². The molecule has 0 atom stereocenters. The van der Waals surface area contributed by atoms with Crippen LogP contribution in [-0.2, 0) is 4.79 Å². The number of carbonyl (C=O) groups is 1. The number of likely N-dealkylation sites (N-methyl/N-ethyl adjacent to an activating group) is 1. The molecule has 1 rings (SSSR count). The number of nitrogens with zero attached hydrogens (tertiary/aromatic N) is 2. The maximum atomic E-state index is 11.3. The predicted molar refractivity (Wildman–Crippen MR) is 62.7 cm³/mol. The lowest BCUT2D eigenvalue weighted by Crippen LogP contribution is -2.35. The van der Waals surface area contributed by atoms with Crippen LogP contribution in [-0.4, -0.2) is 26.0 Å². The van der Waals surface area contributed by atoms with E-state index in [1.54, 1.807) is 24.1 Å². The molecule has 0 unspecified atom stereocenters. The van der Waals surface area contributed by atoms with Gasteiger partial charge in [-0.3, -0.25) is 4.79 Å². The van der Waals surface area contributed by atoms with Crippen molar-refractivity contribution >= 4 is 17.3 Å². The third-order valence-electron chi connectivity index (χ3n) is 2.06. The summed E-state index contributed by atoms with van der Waals surface area (Å²) >= 11 is 0. The van der Waals surface area contributed by atoms with Crippen LogP contribution in [0.4, 0.5) is 11.4 Å². The Bertz CT molecular complexity index is 411. The van der Waals surface area contributed by atoms with Gasteiger partial charge in [-0.05, 0) is 18.2 Å². The summed E-state index contributed by atoms with van der Waals surface area (Å²) in [6, 6.07) is 9.12. The standard InChI is InChI=1S/C11H14N4O/c1-15(8-11(16)14-6-5-12)10-4-2-3-9(13)7-10/h2-4,7H,6,8,13H2,1H3,(H,14,16). The summed E-state index contributed by atoms with van der Waals surface area (Å²) in [5.41, 5.74) is 7.16. The van der Waals surface area contributed by atoms with Crippen molar-refractivity contribution < 1.29 is 4.79 Å². The molecule has 1 amide bonds. The average molecular weight is 218 g/mol. The predicted octanol–water partition coefficient (Wildman–Crippen LogP) is 0.345. The molecule has 0 fully saturated rings. The molecule has 5 heteroatoms. The van der Waals surface area contributed by atoms with E-state index in [4.69, 9.17) is 11.0 Å². The van der Waals surface area contributed by atoms with E-state index >= 15 is 0 Å².